The Balaban J connectivity index is 0.000000547. The summed E-state index contributed by atoms with van der Waals surface area (Å²) in [5.74, 6) is -1.42. The number of carbonyl (C=O) groups is 2. The molecule has 0 fully saturated rings. The van der Waals surface area contributed by atoms with E-state index in [1.165, 1.54) is 14.2 Å². The minimum Gasteiger partial charge on any atom is -0.870 e. The number of hydrogen-bond acceptors (Lipinski definition) is 6. The molecule has 0 aliphatic carbocycles. The number of carboxylic acid groups (broad SMARTS) is 1. The van der Waals surface area contributed by atoms with Crippen LogP contribution in [-0.2, 0) is 9.62 Å². The van der Waals surface area contributed by atoms with Crippen LogP contribution in [0.15, 0.2) is 36.4 Å². The van der Waals surface area contributed by atoms with Gasteiger partial charge in [-0.3, -0.25) is 5.26 Å². The third kappa shape index (κ3) is 8.35. The third-order valence-corrected chi connectivity index (χ3v) is 4.95. The molecule has 2 aromatic carbocycles. The van der Waals surface area contributed by atoms with E-state index in [0.29, 0.717) is 10.6 Å². The zero-order valence-electron chi connectivity index (χ0n) is 19.2. The maximum atomic E-state index is 11.4. The average Bonchev–Trinajstić information content (AvgIpc) is 3.26. The predicted molar refractivity (Wildman–Crippen MR) is 126 cm³/mol. The second-order valence-electron chi connectivity index (χ2n) is 6.72. The zero-order chi connectivity index (χ0) is 24.0. The molecule has 0 spiro atoms. The van der Waals surface area contributed by atoms with Crippen molar-refractivity contribution in [3.8, 4) is 0 Å². The first-order valence-electron chi connectivity index (χ1n) is 9.18. The van der Waals surface area contributed by atoms with Crippen molar-refractivity contribution in [2.24, 2.45) is 0 Å². The van der Waals surface area contributed by atoms with Crippen LogP contribution in [0.4, 0.5) is 0 Å². The van der Waals surface area contributed by atoms with Gasteiger partial charge in [0.05, 0.1) is 35.4 Å². The molecule has 0 radical (unpaired) electrons. The van der Waals surface area contributed by atoms with Gasteiger partial charge >= 0.3 is 63.3 Å². The summed E-state index contributed by atoms with van der Waals surface area (Å²) in [6.45, 7) is 3.86. The van der Waals surface area contributed by atoms with Gasteiger partial charge < -0.3 is 25.3 Å². The Hall–Kier alpha value is -1.44. The van der Waals surface area contributed by atoms with Crippen LogP contribution in [0, 0.1) is 13.8 Å². The van der Waals surface area contributed by atoms with E-state index in [1.807, 2.05) is 26.0 Å². The van der Waals surface area contributed by atoms with Gasteiger partial charge in [0, 0.05) is 33.2 Å². The molecule has 0 aliphatic heterocycles. The van der Waals surface area contributed by atoms with E-state index in [4.69, 9.17) is 33.6 Å². The number of halogens is 2. The summed E-state index contributed by atoms with van der Waals surface area (Å²) in [4.78, 5) is 31.6. The summed E-state index contributed by atoms with van der Waals surface area (Å²) in [7, 11) is 2.52. The average molecular weight is 537 g/mol. The first-order chi connectivity index (χ1) is 15.1. The van der Waals surface area contributed by atoms with Crippen molar-refractivity contribution in [1.29, 1.82) is 0 Å². The van der Waals surface area contributed by atoms with E-state index in [1.54, 1.807) is 24.3 Å². The number of aromatic carboxylic acids is 1. The van der Waals surface area contributed by atoms with Crippen molar-refractivity contribution in [2.75, 3.05) is 14.2 Å². The second kappa shape index (κ2) is 14.8. The molecule has 0 bridgehead atoms. The van der Waals surface area contributed by atoms with E-state index in [9.17, 15) is 9.59 Å². The Morgan fingerprint density at radius 1 is 0.824 bits per heavy atom. The topological polar surface area (TPSA) is 155 Å². The van der Waals surface area contributed by atoms with Gasteiger partial charge in [0.1, 0.15) is 0 Å². The molecule has 2 aromatic heterocycles. The van der Waals surface area contributed by atoms with Crippen LogP contribution < -0.4 is 51.4 Å². The number of methoxy groups -OCH3 is 1. The Labute approximate surface area is 248 Å². The zero-order valence-corrected chi connectivity index (χ0v) is 23.8. The van der Waals surface area contributed by atoms with Crippen LogP contribution in [0.1, 0.15) is 32.1 Å². The Morgan fingerprint density at radius 3 is 1.59 bits per heavy atom. The minimum absolute atomic E-state index is 0. The fourth-order valence-electron chi connectivity index (χ4n) is 3.03. The maximum absolute atomic E-state index is 11.4. The standard InChI is InChI=1S/C11H10ClNO2.C10H8ClNO2.CH4O2.K.H2O/c1-6-3-7-4-8(11(14)15-2)9(12)5-10(7)13-6;1-5-2-6-3-7(10(13)14)8(11)4-9(6)12-5;1-3-2;;/h3-5,13H,1-2H3;2-4,12H,1H3,(H,13,14);2H,1H3;;1H2/q;;;+1;/p-1. The van der Waals surface area contributed by atoms with Crippen molar-refractivity contribution in [3.05, 3.63) is 69.0 Å². The quantitative estimate of drug-likeness (QED) is 0.133. The second-order valence-corrected chi connectivity index (χ2v) is 7.54. The fraction of sp³-hybridized carbons (Fsp3) is 0.182. The molecule has 9 nitrogen and oxygen atoms in total. The van der Waals surface area contributed by atoms with Crippen molar-refractivity contribution >= 4 is 56.9 Å². The van der Waals surface area contributed by atoms with Crippen LogP contribution in [0.25, 0.3) is 21.8 Å². The van der Waals surface area contributed by atoms with E-state index in [2.05, 4.69) is 19.6 Å². The first kappa shape index (κ1) is 32.6. The van der Waals surface area contributed by atoms with Crippen molar-refractivity contribution in [2.45, 2.75) is 13.8 Å². The van der Waals surface area contributed by atoms with Gasteiger partial charge in [-0.1, -0.05) is 23.2 Å². The van der Waals surface area contributed by atoms with Crippen LogP contribution in [-0.4, -0.2) is 52.0 Å². The van der Waals surface area contributed by atoms with Crippen molar-refractivity contribution in [1.82, 2.24) is 9.97 Å². The normalized spacial score (nSPS) is 9.62. The fourth-order valence-corrected chi connectivity index (χ4v) is 3.51. The number of ether oxygens (including phenoxy) is 1. The van der Waals surface area contributed by atoms with Gasteiger partial charge in [-0.25, -0.2) is 14.5 Å². The number of hydrogen-bond donors (Lipinski definition) is 4. The molecular formula is C22H23Cl2KN2O7. The molecule has 0 saturated carbocycles. The molecule has 2 heterocycles. The summed E-state index contributed by atoms with van der Waals surface area (Å²) in [5, 5.41) is 18.4. The van der Waals surface area contributed by atoms with E-state index in [-0.39, 0.29) is 67.4 Å². The number of carboxylic acids is 1. The molecule has 0 amide bonds. The number of carbonyl (C=O) groups excluding carboxylic acids is 1. The molecule has 0 unspecified atom stereocenters. The molecule has 12 heteroatoms. The molecule has 5 N–H and O–H groups in total. The summed E-state index contributed by atoms with van der Waals surface area (Å²) in [6.07, 6.45) is 0. The smallest absolute Gasteiger partial charge is 0.870 e. The number of aromatic amines is 2. The number of aromatic nitrogens is 2. The van der Waals surface area contributed by atoms with Gasteiger partial charge in [0.2, 0.25) is 0 Å². The van der Waals surface area contributed by atoms with Gasteiger partial charge in [0.15, 0.2) is 0 Å². The van der Waals surface area contributed by atoms with E-state index < -0.39 is 11.9 Å². The molecule has 4 aromatic rings. The van der Waals surface area contributed by atoms with Gasteiger partial charge in [-0.2, -0.15) is 0 Å². The largest absolute Gasteiger partial charge is 1.00 e. The van der Waals surface area contributed by atoms with Crippen LogP contribution in [0.3, 0.4) is 0 Å². The molecule has 0 atom stereocenters. The molecule has 34 heavy (non-hydrogen) atoms. The predicted octanol–water partition coefficient (Wildman–Crippen LogP) is 2.68. The summed E-state index contributed by atoms with van der Waals surface area (Å²) < 4.78 is 4.64. The van der Waals surface area contributed by atoms with E-state index in [0.717, 1.165) is 33.2 Å². The van der Waals surface area contributed by atoms with Gasteiger partial charge in [-0.15, -0.1) is 0 Å². The first-order valence-corrected chi connectivity index (χ1v) is 9.93. The molecule has 0 saturated heterocycles. The molecule has 4 rings (SSSR count). The Bertz CT molecular complexity index is 1270. The third-order valence-electron chi connectivity index (χ3n) is 4.32. The summed E-state index contributed by atoms with van der Waals surface area (Å²) >= 11 is 11.8. The SMILES string of the molecule is COC(=O)c1cc2cc(C)[nH]c2cc1Cl.COO.Cc1cc2cc(C(=O)O)c(Cl)cc2[nH]1.[K+].[OH-]. The monoisotopic (exact) mass is 536 g/mol. The Kier molecular flexibility index (Phi) is 14.2. The molecule has 178 valence electrons. The van der Waals surface area contributed by atoms with E-state index >= 15 is 0 Å². The number of benzene rings is 2. The van der Waals surface area contributed by atoms with Gasteiger partial charge in [-0.05, 0) is 50.2 Å². The van der Waals surface area contributed by atoms with Crippen LogP contribution >= 0.6 is 23.2 Å². The minimum atomic E-state index is -1.00. The Morgan fingerprint density at radius 2 is 1.21 bits per heavy atom. The number of H-pyrrole nitrogens is 2. The van der Waals surface area contributed by atoms with Crippen LogP contribution in [0.5, 0.6) is 0 Å². The maximum Gasteiger partial charge on any atom is 1.00 e. The molecule has 0 aliphatic rings. The molecular weight excluding hydrogens is 514 g/mol. The number of esters is 1. The van der Waals surface area contributed by atoms with Crippen LogP contribution in [0.2, 0.25) is 10.0 Å². The summed E-state index contributed by atoms with van der Waals surface area (Å²) in [5.41, 5.74) is 4.33. The van der Waals surface area contributed by atoms with Gasteiger partial charge in [0.25, 0.3) is 0 Å². The van der Waals surface area contributed by atoms with Crippen molar-refractivity contribution < 1.29 is 86.4 Å². The summed E-state index contributed by atoms with van der Waals surface area (Å²) in [6, 6.07) is 10.5. The number of nitrogens with one attached hydrogen (secondary N) is 2. The van der Waals surface area contributed by atoms with Crippen molar-refractivity contribution in [3.63, 3.8) is 0 Å². The number of aryl methyl sites for hydroxylation is 2. The number of rotatable bonds is 2. The number of fused-ring (bicyclic) bond motifs is 2.